The van der Waals surface area contributed by atoms with Gasteiger partial charge in [0, 0.05) is 0 Å². The molecule has 4 heteroatoms. The van der Waals surface area contributed by atoms with E-state index in [1.807, 2.05) is 24.3 Å². The Balaban J connectivity index is 1.98. The Morgan fingerprint density at radius 1 is 0.571 bits per heavy atom. The summed E-state index contributed by atoms with van der Waals surface area (Å²) in [5.41, 5.74) is 6.46. The predicted molar refractivity (Wildman–Crippen MR) is 119 cm³/mol. The zero-order chi connectivity index (χ0) is 19.1. The van der Waals surface area contributed by atoms with Crippen LogP contribution in [0.2, 0.25) is 0 Å². The molecule has 0 saturated carbocycles. The third-order valence-electron chi connectivity index (χ3n) is 5.42. The molecule has 136 valence electrons. The standard InChI is InChI=1S/C24H16Br2N2/c25-22-13-5-11-20(27-22)24(21-12-6-14-23(26)28-21)18-9-3-1-7-16(18)15-17-8-2-4-10-19(17)24/h1-14H,15H2. The lowest BCUT2D eigenvalue weighted by molar-refractivity contribution is 0.652. The van der Waals surface area contributed by atoms with Gasteiger partial charge in [-0.3, -0.25) is 0 Å². The van der Waals surface area contributed by atoms with E-state index in [0.717, 1.165) is 27.0 Å². The molecule has 2 heterocycles. The number of fused-ring (bicyclic) bond motifs is 2. The molecule has 0 aliphatic heterocycles. The van der Waals surface area contributed by atoms with Crippen molar-refractivity contribution in [1.29, 1.82) is 0 Å². The highest BCUT2D eigenvalue weighted by atomic mass is 79.9. The topological polar surface area (TPSA) is 25.8 Å². The van der Waals surface area contributed by atoms with Crippen LogP contribution in [0.15, 0.2) is 94.1 Å². The van der Waals surface area contributed by atoms with E-state index >= 15 is 0 Å². The van der Waals surface area contributed by atoms with Crippen molar-refractivity contribution in [2.75, 3.05) is 0 Å². The molecule has 0 amide bonds. The third kappa shape index (κ3) is 2.66. The Morgan fingerprint density at radius 3 is 1.50 bits per heavy atom. The highest BCUT2D eigenvalue weighted by Gasteiger charge is 2.46. The average molecular weight is 492 g/mol. The highest BCUT2D eigenvalue weighted by molar-refractivity contribution is 9.10. The molecular formula is C24H16Br2N2. The maximum Gasteiger partial charge on any atom is 0.106 e. The lowest BCUT2D eigenvalue weighted by Gasteiger charge is -2.40. The second kappa shape index (κ2) is 6.94. The van der Waals surface area contributed by atoms with E-state index < -0.39 is 5.41 Å². The van der Waals surface area contributed by atoms with Crippen LogP contribution in [0.4, 0.5) is 0 Å². The van der Waals surface area contributed by atoms with Crippen molar-refractivity contribution in [1.82, 2.24) is 9.97 Å². The van der Waals surface area contributed by atoms with Crippen LogP contribution in [0.3, 0.4) is 0 Å². The zero-order valence-corrected chi connectivity index (χ0v) is 18.1. The van der Waals surface area contributed by atoms with Crippen molar-refractivity contribution < 1.29 is 0 Å². The number of benzene rings is 2. The minimum atomic E-state index is -0.570. The first-order valence-electron chi connectivity index (χ1n) is 9.12. The van der Waals surface area contributed by atoms with Crippen LogP contribution in [0.1, 0.15) is 33.6 Å². The second-order valence-corrected chi connectivity index (χ2v) is 8.56. The number of hydrogen-bond acceptors (Lipinski definition) is 2. The van der Waals surface area contributed by atoms with Crippen molar-refractivity contribution in [3.05, 3.63) is 128 Å². The molecule has 0 fully saturated rings. The van der Waals surface area contributed by atoms with Gasteiger partial charge in [-0.1, -0.05) is 60.7 Å². The number of hydrogen-bond donors (Lipinski definition) is 0. The molecule has 0 atom stereocenters. The SMILES string of the molecule is Brc1cccc(C2(c3cccc(Br)n3)c3ccccc3Cc3ccccc32)n1. The van der Waals surface area contributed by atoms with Gasteiger partial charge < -0.3 is 0 Å². The summed E-state index contributed by atoms with van der Waals surface area (Å²) in [6.07, 6.45) is 0.913. The van der Waals surface area contributed by atoms with Crippen LogP contribution in [-0.4, -0.2) is 9.97 Å². The Morgan fingerprint density at radius 2 is 1.04 bits per heavy atom. The summed E-state index contributed by atoms with van der Waals surface area (Å²) in [6.45, 7) is 0. The van der Waals surface area contributed by atoms with Gasteiger partial charge in [0.25, 0.3) is 0 Å². The van der Waals surface area contributed by atoms with E-state index in [0.29, 0.717) is 0 Å². The lowest BCUT2D eigenvalue weighted by atomic mass is 9.62. The van der Waals surface area contributed by atoms with E-state index in [2.05, 4.69) is 92.5 Å². The summed E-state index contributed by atoms with van der Waals surface area (Å²) in [5, 5.41) is 0. The van der Waals surface area contributed by atoms with Gasteiger partial charge in [0.15, 0.2) is 0 Å². The quantitative estimate of drug-likeness (QED) is 0.271. The second-order valence-electron chi connectivity index (χ2n) is 6.93. The van der Waals surface area contributed by atoms with E-state index in [1.165, 1.54) is 22.3 Å². The Kier molecular flexibility index (Phi) is 4.41. The Bertz CT molecular complexity index is 1090. The van der Waals surface area contributed by atoms with Crippen molar-refractivity contribution in [2.45, 2.75) is 11.8 Å². The molecule has 1 aliphatic rings. The van der Waals surface area contributed by atoms with E-state index in [1.54, 1.807) is 0 Å². The number of pyridine rings is 2. The van der Waals surface area contributed by atoms with Gasteiger partial charge in [0.2, 0.25) is 0 Å². The largest absolute Gasteiger partial charge is 0.244 e. The molecule has 0 saturated heterocycles. The zero-order valence-electron chi connectivity index (χ0n) is 14.9. The number of rotatable bonds is 2. The first-order valence-corrected chi connectivity index (χ1v) is 10.7. The Labute approximate surface area is 181 Å². The minimum Gasteiger partial charge on any atom is -0.244 e. The smallest absolute Gasteiger partial charge is 0.106 e. The van der Waals surface area contributed by atoms with Gasteiger partial charge in [-0.2, -0.15) is 0 Å². The van der Waals surface area contributed by atoms with E-state index in [4.69, 9.17) is 9.97 Å². The minimum absolute atomic E-state index is 0.570. The highest BCUT2D eigenvalue weighted by Crippen LogP contribution is 2.49. The van der Waals surface area contributed by atoms with Crippen LogP contribution in [-0.2, 0) is 11.8 Å². The van der Waals surface area contributed by atoms with Gasteiger partial charge >= 0.3 is 0 Å². The molecular weight excluding hydrogens is 476 g/mol. The molecule has 0 N–H and O–H groups in total. The number of halogens is 2. The summed E-state index contributed by atoms with van der Waals surface area (Å²) in [6, 6.07) is 29.5. The summed E-state index contributed by atoms with van der Waals surface area (Å²) < 4.78 is 1.64. The summed E-state index contributed by atoms with van der Waals surface area (Å²) >= 11 is 7.16. The monoisotopic (exact) mass is 490 g/mol. The summed E-state index contributed by atoms with van der Waals surface area (Å²) in [5.74, 6) is 0. The summed E-state index contributed by atoms with van der Waals surface area (Å²) in [4.78, 5) is 9.87. The van der Waals surface area contributed by atoms with E-state index in [9.17, 15) is 0 Å². The van der Waals surface area contributed by atoms with Crippen LogP contribution in [0.5, 0.6) is 0 Å². The number of aromatic nitrogens is 2. The fraction of sp³-hybridized carbons (Fsp3) is 0.0833. The number of nitrogens with zero attached hydrogens (tertiary/aromatic N) is 2. The van der Waals surface area contributed by atoms with Crippen molar-refractivity contribution in [2.24, 2.45) is 0 Å². The van der Waals surface area contributed by atoms with Crippen molar-refractivity contribution in [3.63, 3.8) is 0 Å². The third-order valence-corrected chi connectivity index (χ3v) is 6.31. The molecule has 0 radical (unpaired) electrons. The lowest BCUT2D eigenvalue weighted by Crippen LogP contribution is -2.37. The summed E-state index contributed by atoms with van der Waals surface area (Å²) in [7, 11) is 0. The maximum absolute atomic E-state index is 4.93. The molecule has 2 aromatic carbocycles. The van der Waals surface area contributed by atoms with Crippen molar-refractivity contribution >= 4 is 31.9 Å². The molecule has 2 nitrogen and oxygen atoms in total. The molecule has 2 aromatic heterocycles. The van der Waals surface area contributed by atoms with Gasteiger partial charge in [-0.25, -0.2) is 9.97 Å². The normalized spacial score (nSPS) is 14.2. The van der Waals surface area contributed by atoms with Gasteiger partial charge in [0.1, 0.15) is 14.6 Å². The maximum atomic E-state index is 4.93. The fourth-order valence-electron chi connectivity index (χ4n) is 4.35. The fourth-order valence-corrected chi connectivity index (χ4v) is 5.04. The van der Waals surface area contributed by atoms with Crippen LogP contribution < -0.4 is 0 Å². The molecule has 28 heavy (non-hydrogen) atoms. The molecule has 0 unspecified atom stereocenters. The first-order chi connectivity index (χ1) is 13.7. The molecule has 0 spiro atoms. The first kappa shape index (κ1) is 17.8. The Hall–Kier alpha value is -2.30. The van der Waals surface area contributed by atoms with E-state index in [-0.39, 0.29) is 0 Å². The average Bonchev–Trinajstić information content (AvgIpc) is 2.72. The van der Waals surface area contributed by atoms with Gasteiger partial charge in [-0.15, -0.1) is 0 Å². The molecule has 5 rings (SSSR count). The van der Waals surface area contributed by atoms with Crippen LogP contribution in [0.25, 0.3) is 0 Å². The van der Waals surface area contributed by atoms with Gasteiger partial charge in [0.05, 0.1) is 11.4 Å². The molecule has 1 aliphatic carbocycles. The van der Waals surface area contributed by atoms with Crippen LogP contribution >= 0.6 is 31.9 Å². The van der Waals surface area contributed by atoms with Crippen LogP contribution in [0, 0.1) is 0 Å². The predicted octanol–water partition coefficient (Wildman–Crippen LogP) is 6.29. The molecule has 4 aromatic rings. The molecule has 0 bridgehead atoms. The van der Waals surface area contributed by atoms with Crippen molar-refractivity contribution in [3.8, 4) is 0 Å². The van der Waals surface area contributed by atoms with Gasteiger partial charge in [-0.05, 0) is 84.8 Å².